The Balaban J connectivity index is 2.77. The Hall–Kier alpha value is -3.01. The van der Waals surface area contributed by atoms with Gasteiger partial charge in [-0.15, -0.1) is 0 Å². The predicted octanol–water partition coefficient (Wildman–Crippen LogP) is 2.40. The number of ether oxygens (including phenoxy) is 2. The van der Waals surface area contributed by atoms with E-state index in [1.54, 1.807) is 0 Å². The van der Waals surface area contributed by atoms with E-state index in [-0.39, 0.29) is 18.1 Å². The van der Waals surface area contributed by atoms with Gasteiger partial charge in [-0.05, 0) is 32.1 Å². The summed E-state index contributed by atoms with van der Waals surface area (Å²) in [6.07, 6.45) is -4.17. The van der Waals surface area contributed by atoms with Crippen molar-refractivity contribution in [1.82, 2.24) is 0 Å². The second kappa shape index (κ2) is 7.93. The summed E-state index contributed by atoms with van der Waals surface area (Å²) in [6.45, 7) is 2.53. The molecule has 0 aromatic heterocycles. The number of phenols is 1. The summed E-state index contributed by atoms with van der Waals surface area (Å²) in [7, 11) is 0. The van der Waals surface area contributed by atoms with Gasteiger partial charge in [0.2, 0.25) is 0 Å². The maximum atomic E-state index is 14.0. The maximum absolute atomic E-state index is 14.0. The van der Waals surface area contributed by atoms with Gasteiger partial charge in [0.15, 0.2) is 0 Å². The number of halogens is 3. The number of rotatable bonds is 5. The van der Waals surface area contributed by atoms with E-state index in [1.165, 1.54) is 26.0 Å². The van der Waals surface area contributed by atoms with Crippen LogP contribution in [0.1, 0.15) is 13.8 Å². The van der Waals surface area contributed by atoms with E-state index in [1.807, 2.05) is 0 Å². The fraction of sp³-hybridized carbons (Fsp3) is 0.333. The molecule has 2 rings (SSSR count). The molecule has 1 aliphatic heterocycles. The summed E-state index contributed by atoms with van der Waals surface area (Å²) in [5, 5.41) is 20.7. The Labute approximate surface area is 158 Å². The molecular weight excluding hydrogens is 383 g/mol. The number of anilines is 1. The number of esters is 2. The molecule has 0 fully saturated rings. The number of alkyl halides is 3. The summed E-state index contributed by atoms with van der Waals surface area (Å²) < 4.78 is 51.3. The smallest absolute Gasteiger partial charge is 0.442 e. The van der Waals surface area contributed by atoms with Crippen LogP contribution < -0.4 is 4.90 Å². The topological polar surface area (TPSA) is 96.3 Å². The molecule has 1 unspecified atom stereocenters. The lowest BCUT2D eigenvalue weighted by Gasteiger charge is -2.43. The molecule has 0 radical (unpaired) electrons. The zero-order chi connectivity index (χ0) is 21.1. The lowest BCUT2D eigenvalue weighted by Crippen LogP contribution is -2.61. The van der Waals surface area contributed by atoms with E-state index in [9.17, 15) is 33.0 Å². The van der Waals surface area contributed by atoms with Crippen LogP contribution in [0.4, 0.5) is 18.9 Å². The van der Waals surface area contributed by atoms with Gasteiger partial charge < -0.3 is 24.6 Å². The van der Waals surface area contributed by atoms with Crippen molar-refractivity contribution in [1.29, 1.82) is 0 Å². The van der Waals surface area contributed by atoms with Crippen LogP contribution in [0, 0.1) is 0 Å². The van der Waals surface area contributed by atoms with E-state index in [0.29, 0.717) is 12.3 Å². The van der Waals surface area contributed by atoms with Crippen LogP contribution in [0.2, 0.25) is 0 Å². The molecule has 0 amide bonds. The Morgan fingerprint density at radius 1 is 1.11 bits per heavy atom. The van der Waals surface area contributed by atoms with Crippen molar-refractivity contribution in [2.75, 3.05) is 18.1 Å². The molecule has 1 atom stereocenters. The highest BCUT2D eigenvalue weighted by Gasteiger charge is 2.64. The van der Waals surface area contributed by atoms with Crippen LogP contribution >= 0.6 is 0 Å². The van der Waals surface area contributed by atoms with Gasteiger partial charge in [-0.1, -0.05) is 12.1 Å². The molecule has 152 valence electrons. The molecule has 0 saturated heterocycles. The number of phenolic OH excluding ortho intramolecular Hbond substituents is 1. The molecule has 7 nitrogen and oxygen atoms in total. The highest BCUT2D eigenvalue weighted by molar-refractivity contribution is 6.00. The van der Waals surface area contributed by atoms with E-state index in [4.69, 9.17) is 4.74 Å². The SMILES string of the molecule is CCOC(=O)C1=CN(c2ccccc2O)C(O)(C(F)(F)F)C(C(=O)OCC)=C1. The first-order chi connectivity index (χ1) is 13.1. The first kappa shape index (κ1) is 21.3. The summed E-state index contributed by atoms with van der Waals surface area (Å²) in [6, 6.07) is 4.84. The molecule has 0 spiro atoms. The number of aromatic hydroxyl groups is 1. The van der Waals surface area contributed by atoms with Gasteiger partial charge in [-0.3, -0.25) is 0 Å². The van der Waals surface area contributed by atoms with Crippen LogP contribution in [0.3, 0.4) is 0 Å². The summed E-state index contributed by atoms with van der Waals surface area (Å²) in [5.41, 5.74) is -6.06. The van der Waals surface area contributed by atoms with Crippen molar-refractivity contribution >= 4 is 17.6 Å². The summed E-state index contributed by atoms with van der Waals surface area (Å²) >= 11 is 0. The third-order valence-corrected chi connectivity index (χ3v) is 3.84. The first-order valence-corrected chi connectivity index (χ1v) is 8.22. The number of hydrogen-bond acceptors (Lipinski definition) is 7. The number of nitrogens with zero attached hydrogens (tertiary/aromatic N) is 1. The molecule has 10 heteroatoms. The molecule has 0 aliphatic carbocycles. The first-order valence-electron chi connectivity index (χ1n) is 8.22. The van der Waals surface area contributed by atoms with E-state index in [2.05, 4.69) is 4.74 Å². The standard InChI is InChI=1S/C18H18F3NO6/c1-3-27-15(24)11-9-12(16(25)28-4-2)17(26,18(19,20)21)22(10-11)13-7-5-6-8-14(13)23/h5-10,23,26H,3-4H2,1-2H3. The maximum Gasteiger partial charge on any atom is 0.442 e. The van der Waals surface area contributed by atoms with Crippen LogP contribution in [-0.4, -0.2) is 47.3 Å². The Kier molecular flexibility index (Phi) is 6.03. The zero-order valence-corrected chi connectivity index (χ0v) is 15.0. The van der Waals surface area contributed by atoms with Gasteiger partial charge in [0.05, 0.1) is 24.5 Å². The second-order valence-corrected chi connectivity index (χ2v) is 5.61. The van der Waals surface area contributed by atoms with E-state index >= 15 is 0 Å². The largest absolute Gasteiger partial charge is 0.506 e. The third kappa shape index (κ3) is 3.68. The number of benzene rings is 1. The minimum absolute atomic E-state index is 0.0706. The van der Waals surface area contributed by atoms with Crippen LogP contribution in [-0.2, 0) is 19.1 Å². The minimum Gasteiger partial charge on any atom is -0.506 e. The summed E-state index contributed by atoms with van der Waals surface area (Å²) in [4.78, 5) is 24.5. The number of carbonyl (C=O) groups is 2. The van der Waals surface area contributed by atoms with Crippen molar-refractivity contribution in [3.63, 3.8) is 0 Å². The third-order valence-electron chi connectivity index (χ3n) is 3.84. The van der Waals surface area contributed by atoms with Crippen molar-refractivity contribution in [3.05, 3.63) is 47.7 Å². The van der Waals surface area contributed by atoms with Crippen LogP contribution in [0.25, 0.3) is 0 Å². The van der Waals surface area contributed by atoms with Gasteiger partial charge in [0, 0.05) is 6.20 Å². The van der Waals surface area contributed by atoms with Crippen molar-refractivity contribution in [2.24, 2.45) is 0 Å². The quantitative estimate of drug-likeness (QED) is 0.732. The van der Waals surface area contributed by atoms with Gasteiger partial charge >= 0.3 is 18.1 Å². The fourth-order valence-electron chi connectivity index (χ4n) is 2.59. The number of para-hydroxylation sites is 2. The Bertz CT molecular complexity index is 833. The van der Waals surface area contributed by atoms with Crippen LogP contribution in [0.15, 0.2) is 47.7 Å². The lowest BCUT2D eigenvalue weighted by atomic mass is 9.93. The molecule has 2 N–H and O–H groups in total. The number of aliphatic hydroxyl groups is 1. The zero-order valence-electron chi connectivity index (χ0n) is 15.0. The average molecular weight is 401 g/mol. The molecule has 1 aromatic rings. The monoisotopic (exact) mass is 401 g/mol. The minimum atomic E-state index is -5.40. The number of hydrogen-bond donors (Lipinski definition) is 2. The lowest BCUT2D eigenvalue weighted by molar-refractivity contribution is -0.243. The van der Waals surface area contributed by atoms with Gasteiger partial charge in [0.1, 0.15) is 11.3 Å². The molecule has 1 aromatic carbocycles. The molecule has 1 aliphatic rings. The highest BCUT2D eigenvalue weighted by atomic mass is 19.4. The van der Waals surface area contributed by atoms with Crippen LogP contribution in [0.5, 0.6) is 5.75 Å². The normalized spacial score (nSPS) is 19.6. The van der Waals surface area contributed by atoms with Crippen molar-refractivity contribution < 1.29 is 42.4 Å². The molecule has 0 saturated carbocycles. The van der Waals surface area contributed by atoms with E-state index in [0.717, 1.165) is 12.1 Å². The Morgan fingerprint density at radius 2 is 1.68 bits per heavy atom. The predicted molar refractivity (Wildman–Crippen MR) is 91.0 cm³/mol. The molecule has 1 heterocycles. The fourth-order valence-corrected chi connectivity index (χ4v) is 2.59. The molecule has 28 heavy (non-hydrogen) atoms. The Morgan fingerprint density at radius 3 is 2.21 bits per heavy atom. The summed E-state index contributed by atoms with van der Waals surface area (Å²) in [5.74, 6) is -3.11. The second-order valence-electron chi connectivity index (χ2n) is 5.61. The number of carbonyl (C=O) groups excluding carboxylic acids is 2. The van der Waals surface area contributed by atoms with Crippen molar-refractivity contribution in [3.8, 4) is 5.75 Å². The molecule has 0 bridgehead atoms. The van der Waals surface area contributed by atoms with Gasteiger partial charge in [-0.2, -0.15) is 13.2 Å². The van der Waals surface area contributed by atoms with E-state index < -0.39 is 46.4 Å². The van der Waals surface area contributed by atoms with Gasteiger partial charge in [0.25, 0.3) is 5.72 Å². The van der Waals surface area contributed by atoms with Crippen molar-refractivity contribution in [2.45, 2.75) is 25.7 Å². The van der Waals surface area contributed by atoms with Gasteiger partial charge in [-0.25, -0.2) is 9.59 Å². The average Bonchev–Trinajstić information content (AvgIpc) is 2.62. The molecular formula is C18H18F3NO6. The highest BCUT2D eigenvalue weighted by Crippen LogP contribution is 2.46.